The zero-order valence-corrected chi connectivity index (χ0v) is 23.5. The number of nitrogens with one attached hydrogen (secondary N) is 3. The van der Waals surface area contributed by atoms with E-state index >= 15 is 0 Å². The summed E-state index contributed by atoms with van der Waals surface area (Å²) in [7, 11) is 0.366. The highest BCUT2D eigenvalue weighted by Gasteiger charge is 2.22. The first-order chi connectivity index (χ1) is 18.8. The molecule has 5 rings (SSSR count). The molecule has 0 unspecified atom stereocenters. The molecule has 0 amide bonds. The number of piperazine rings is 1. The minimum Gasteiger partial charge on any atom is -0.494 e. The van der Waals surface area contributed by atoms with Gasteiger partial charge >= 0.3 is 0 Å². The Morgan fingerprint density at radius 2 is 1.82 bits per heavy atom. The van der Waals surface area contributed by atoms with Crippen molar-refractivity contribution in [1.29, 1.82) is 0 Å². The molecule has 0 bridgehead atoms. The van der Waals surface area contributed by atoms with E-state index < -0.39 is 15.1 Å². The number of hydrogen-bond acceptors (Lipinski definition) is 9. The number of methoxy groups -OCH3 is 1. The lowest BCUT2D eigenvalue weighted by Crippen LogP contribution is -2.44. The van der Waals surface area contributed by atoms with E-state index in [4.69, 9.17) is 9.72 Å². The molecule has 11 heteroatoms. The summed E-state index contributed by atoms with van der Waals surface area (Å²) in [6.07, 6.45) is 1.80. The Balaban J connectivity index is 1.40. The second-order valence-corrected chi connectivity index (χ2v) is 12.5. The van der Waals surface area contributed by atoms with Crippen molar-refractivity contribution in [3.8, 4) is 5.75 Å². The van der Waals surface area contributed by atoms with Crippen LogP contribution in [0.4, 0.5) is 23.1 Å². The van der Waals surface area contributed by atoms with Crippen LogP contribution in [0.15, 0.2) is 59.6 Å². The number of H-pyrrole nitrogens is 1. The lowest BCUT2D eigenvalue weighted by Gasteiger charge is -2.34. The average Bonchev–Trinajstić information content (AvgIpc) is 3.41. The SMILES string of the molecule is COc1cc(N2CCN(C)CC2)ccc1Nc1nc(NCc2ccccc2S(=O)(=O)C(C)C)c2[nH]ccc2n1. The molecule has 1 fully saturated rings. The van der Waals surface area contributed by atoms with Gasteiger partial charge in [-0.1, -0.05) is 18.2 Å². The van der Waals surface area contributed by atoms with Gasteiger partial charge in [0.05, 0.1) is 28.5 Å². The molecular weight excluding hydrogens is 514 g/mol. The van der Waals surface area contributed by atoms with E-state index in [0.717, 1.165) is 48.6 Å². The molecule has 2 aromatic heterocycles. The fourth-order valence-electron chi connectivity index (χ4n) is 4.65. The third-order valence-electron chi connectivity index (χ3n) is 7.05. The lowest BCUT2D eigenvalue weighted by atomic mass is 10.2. The Hall–Kier alpha value is -3.83. The van der Waals surface area contributed by atoms with Gasteiger partial charge in [0, 0.05) is 50.7 Å². The fourth-order valence-corrected chi connectivity index (χ4v) is 5.94. The average molecular weight is 550 g/mol. The zero-order valence-electron chi connectivity index (χ0n) is 22.7. The molecule has 206 valence electrons. The molecule has 0 spiro atoms. The number of anilines is 4. The Morgan fingerprint density at radius 3 is 2.56 bits per heavy atom. The largest absolute Gasteiger partial charge is 0.494 e. The third kappa shape index (κ3) is 5.64. The zero-order chi connectivity index (χ0) is 27.6. The normalized spacial score (nSPS) is 14.6. The number of benzene rings is 2. The van der Waals surface area contributed by atoms with E-state index in [1.54, 1.807) is 39.3 Å². The van der Waals surface area contributed by atoms with Crippen LogP contribution in [0.5, 0.6) is 5.75 Å². The van der Waals surface area contributed by atoms with Crippen molar-refractivity contribution in [2.75, 3.05) is 55.9 Å². The molecule has 1 saturated heterocycles. The standard InChI is InChI=1S/C28H35N7O3S/c1-19(2)39(36,37)25-8-6-5-7-20(25)18-30-27-26-23(11-12-29-26)32-28(33-27)31-22-10-9-21(17-24(22)38-4)35-15-13-34(3)14-16-35/h5-12,17,19,29H,13-16,18H2,1-4H3,(H2,30,31,32,33). The maximum atomic E-state index is 12.9. The highest BCUT2D eigenvalue weighted by molar-refractivity contribution is 7.92. The van der Waals surface area contributed by atoms with Crippen LogP contribution in [0.1, 0.15) is 19.4 Å². The number of nitrogens with zero attached hydrogens (tertiary/aromatic N) is 4. The summed E-state index contributed by atoms with van der Waals surface area (Å²) in [5.74, 6) is 1.67. The van der Waals surface area contributed by atoms with E-state index in [0.29, 0.717) is 28.0 Å². The van der Waals surface area contributed by atoms with E-state index in [1.807, 2.05) is 30.3 Å². The fraction of sp³-hybridized carbons (Fsp3) is 0.357. The Labute approximate surface area is 229 Å². The van der Waals surface area contributed by atoms with E-state index in [1.165, 1.54) is 0 Å². The number of aromatic nitrogens is 3. The second-order valence-electron chi connectivity index (χ2n) is 9.99. The molecule has 10 nitrogen and oxygen atoms in total. The number of sulfone groups is 1. The quantitative estimate of drug-likeness (QED) is 0.282. The molecule has 2 aromatic carbocycles. The summed E-state index contributed by atoms with van der Waals surface area (Å²) in [5.41, 5.74) is 4.02. The minimum atomic E-state index is -3.43. The highest BCUT2D eigenvalue weighted by atomic mass is 32.2. The van der Waals surface area contributed by atoms with Gasteiger partial charge < -0.3 is 30.2 Å². The van der Waals surface area contributed by atoms with Crippen molar-refractivity contribution >= 4 is 44.0 Å². The van der Waals surface area contributed by atoms with E-state index in [2.05, 4.69) is 43.5 Å². The first kappa shape index (κ1) is 26.8. The second kappa shape index (κ2) is 11.1. The lowest BCUT2D eigenvalue weighted by molar-refractivity contribution is 0.312. The molecule has 0 saturated carbocycles. The maximum absolute atomic E-state index is 12.9. The van der Waals surface area contributed by atoms with Crippen molar-refractivity contribution in [2.45, 2.75) is 30.5 Å². The molecule has 1 aliphatic heterocycles. The molecule has 39 heavy (non-hydrogen) atoms. The Kier molecular flexibility index (Phi) is 7.62. The maximum Gasteiger partial charge on any atom is 0.229 e. The van der Waals surface area contributed by atoms with E-state index in [-0.39, 0.29) is 6.54 Å². The van der Waals surface area contributed by atoms with Crippen molar-refractivity contribution in [3.05, 3.63) is 60.3 Å². The van der Waals surface area contributed by atoms with Crippen LogP contribution in [-0.4, -0.2) is 73.9 Å². The van der Waals surface area contributed by atoms with Gasteiger partial charge in [-0.25, -0.2) is 13.4 Å². The van der Waals surface area contributed by atoms with E-state index in [9.17, 15) is 8.42 Å². The van der Waals surface area contributed by atoms with Crippen molar-refractivity contribution < 1.29 is 13.2 Å². The molecule has 0 radical (unpaired) electrons. The van der Waals surface area contributed by atoms with Crippen molar-refractivity contribution in [2.24, 2.45) is 0 Å². The minimum absolute atomic E-state index is 0.287. The summed E-state index contributed by atoms with van der Waals surface area (Å²) in [4.78, 5) is 17.6. The van der Waals surface area contributed by atoms with Crippen LogP contribution in [0.2, 0.25) is 0 Å². The number of aromatic amines is 1. The molecular formula is C28H35N7O3S. The number of hydrogen-bond donors (Lipinski definition) is 3. The third-order valence-corrected chi connectivity index (χ3v) is 9.30. The molecule has 4 aromatic rings. The summed E-state index contributed by atoms with van der Waals surface area (Å²) in [5, 5.41) is 6.12. The topological polar surface area (TPSA) is 115 Å². The predicted molar refractivity (Wildman–Crippen MR) is 156 cm³/mol. The molecule has 3 N–H and O–H groups in total. The first-order valence-electron chi connectivity index (χ1n) is 13.1. The summed E-state index contributed by atoms with van der Waals surface area (Å²) < 4.78 is 31.5. The Morgan fingerprint density at radius 1 is 1.05 bits per heavy atom. The van der Waals surface area contributed by atoms with Crippen LogP contribution in [0, 0.1) is 0 Å². The van der Waals surface area contributed by atoms with Crippen LogP contribution in [0.3, 0.4) is 0 Å². The predicted octanol–water partition coefficient (Wildman–Crippen LogP) is 4.26. The van der Waals surface area contributed by atoms with Gasteiger partial charge in [-0.15, -0.1) is 0 Å². The number of likely N-dealkylation sites (N-methyl/N-ethyl adjacent to an activating group) is 1. The van der Waals surface area contributed by atoms with Gasteiger partial charge in [-0.3, -0.25) is 0 Å². The smallest absolute Gasteiger partial charge is 0.229 e. The van der Waals surface area contributed by atoms with Gasteiger partial charge in [-0.05, 0) is 50.7 Å². The van der Waals surface area contributed by atoms with Crippen LogP contribution in [0.25, 0.3) is 11.0 Å². The first-order valence-corrected chi connectivity index (χ1v) is 14.6. The Bertz CT molecular complexity index is 1560. The number of fused-ring (bicyclic) bond motifs is 1. The summed E-state index contributed by atoms with van der Waals surface area (Å²) in [6, 6.07) is 15.0. The van der Waals surface area contributed by atoms with Gasteiger partial charge in [-0.2, -0.15) is 4.98 Å². The van der Waals surface area contributed by atoms with Gasteiger partial charge in [0.15, 0.2) is 15.7 Å². The molecule has 3 heterocycles. The highest BCUT2D eigenvalue weighted by Crippen LogP contribution is 2.33. The van der Waals surface area contributed by atoms with Crippen LogP contribution >= 0.6 is 0 Å². The van der Waals surface area contributed by atoms with Crippen LogP contribution in [-0.2, 0) is 16.4 Å². The number of ether oxygens (including phenoxy) is 1. The molecule has 0 aliphatic carbocycles. The van der Waals surface area contributed by atoms with Gasteiger partial charge in [0.2, 0.25) is 5.95 Å². The van der Waals surface area contributed by atoms with Gasteiger partial charge in [0.1, 0.15) is 11.3 Å². The molecule has 1 aliphatic rings. The summed E-state index contributed by atoms with van der Waals surface area (Å²) in [6.45, 7) is 7.65. The van der Waals surface area contributed by atoms with Gasteiger partial charge in [0.25, 0.3) is 0 Å². The number of rotatable bonds is 9. The van der Waals surface area contributed by atoms with Crippen molar-refractivity contribution in [3.63, 3.8) is 0 Å². The monoisotopic (exact) mass is 549 g/mol. The summed E-state index contributed by atoms with van der Waals surface area (Å²) >= 11 is 0. The van der Waals surface area contributed by atoms with Crippen molar-refractivity contribution in [1.82, 2.24) is 19.9 Å². The molecule has 0 atom stereocenters. The van der Waals surface area contributed by atoms with Crippen LogP contribution < -0.4 is 20.3 Å².